The molecule has 1 saturated carbocycles. The molecule has 0 heterocycles. The molecule has 1 aromatic carbocycles. The third-order valence-corrected chi connectivity index (χ3v) is 3.72. The molecular formula is C14H22N2. The molecule has 2 heteroatoms. The van der Waals surface area contributed by atoms with Crippen molar-refractivity contribution in [1.82, 2.24) is 0 Å². The van der Waals surface area contributed by atoms with Crippen LogP contribution in [0.25, 0.3) is 0 Å². The Morgan fingerprint density at radius 1 is 1.31 bits per heavy atom. The first-order valence-corrected chi connectivity index (χ1v) is 6.35. The van der Waals surface area contributed by atoms with Crippen molar-refractivity contribution in [1.29, 1.82) is 0 Å². The molecular weight excluding hydrogens is 196 g/mol. The van der Waals surface area contributed by atoms with Crippen molar-refractivity contribution < 1.29 is 0 Å². The lowest BCUT2D eigenvalue weighted by Crippen LogP contribution is -2.33. The Bertz CT molecular complexity index is 354. The van der Waals surface area contributed by atoms with Crippen LogP contribution < -0.4 is 10.6 Å². The first-order chi connectivity index (χ1) is 7.74. The molecule has 0 aliphatic heterocycles. The van der Waals surface area contributed by atoms with E-state index < -0.39 is 0 Å². The SMILES string of the molecule is CCN(c1cccc(C)c1N)C1CCCC1. The van der Waals surface area contributed by atoms with Gasteiger partial charge in [-0.05, 0) is 38.3 Å². The number of nitrogens with two attached hydrogens (primary N) is 1. The van der Waals surface area contributed by atoms with Gasteiger partial charge in [0.05, 0.1) is 11.4 Å². The standard InChI is InChI=1S/C14H22N2/c1-3-16(12-8-4-5-9-12)13-10-6-7-11(2)14(13)15/h6-7,10,12H,3-5,8-9,15H2,1-2H3. The lowest BCUT2D eigenvalue weighted by molar-refractivity contribution is 0.620. The van der Waals surface area contributed by atoms with Gasteiger partial charge in [-0.2, -0.15) is 0 Å². The van der Waals surface area contributed by atoms with Crippen LogP contribution in [0.15, 0.2) is 18.2 Å². The highest BCUT2D eigenvalue weighted by Gasteiger charge is 2.22. The normalized spacial score (nSPS) is 16.6. The Balaban J connectivity index is 2.28. The maximum atomic E-state index is 6.19. The molecule has 0 saturated heterocycles. The van der Waals surface area contributed by atoms with E-state index in [1.165, 1.54) is 36.9 Å². The van der Waals surface area contributed by atoms with E-state index in [2.05, 4.69) is 36.9 Å². The number of aryl methyl sites for hydroxylation is 1. The minimum absolute atomic E-state index is 0.703. The number of rotatable bonds is 3. The summed E-state index contributed by atoms with van der Waals surface area (Å²) in [5.74, 6) is 0. The molecule has 2 rings (SSSR count). The second kappa shape index (κ2) is 4.77. The van der Waals surface area contributed by atoms with Gasteiger partial charge in [0, 0.05) is 12.6 Å². The van der Waals surface area contributed by atoms with Crippen molar-refractivity contribution in [2.24, 2.45) is 0 Å². The van der Waals surface area contributed by atoms with Gasteiger partial charge in [0.15, 0.2) is 0 Å². The highest BCUT2D eigenvalue weighted by atomic mass is 15.2. The minimum atomic E-state index is 0.703. The fourth-order valence-corrected chi connectivity index (χ4v) is 2.76. The van der Waals surface area contributed by atoms with Crippen LogP contribution in [0.1, 0.15) is 38.2 Å². The van der Waals surface area contributed by atoms with Crippen molar-refractivity contribution in [2.45, 2.75) is 45.6 Å². The van der Waals surface area contributed by atoms with Crippen molar-refractivity contribution in [3.8, 4) is 0 Å². The van der Waals surface area contributed by atoms with E-state index in [0.717, 1.165) is 12.2 Å². The summed E-state index contributed by atoms with van der Waals surface area (Å²) in [4.78, 5) is 2.48. The third-order valence-electron chi connectivity index (χ3n) is 3.72. The largest absolute Gasteiger partial charge is 0.397 e. The topological polar surface area (TPSA) is 29.3 Å². The fourth-order valence-electron chi connectivity index (χ4n) is 2.76. The molecule has 0 bridgehead atoms. The molecule has 0 amide bonds. The van der Waals surface area contributed by atoms with E-state index in [1.54, 1.807) is 0 Å². The summed E-state index contributed by atoms with van der Waals surface area (Å²) in [6.07, 6.45) is 5.38. The molecule has 1 aliphatic carbocycles. The molecule has 1 aliphatic rings. The van der Waals surface area contributed by atoms with E-state index in [1.807, 2.05) is 0 Å². The maximum Gasteiger partial charge on any atom is 0.0605 e. The fraction of sp³-hybridized carbons (Fsp3) is 0.571. The van der Waals surface area contributed by atoms with Crippen LogP contribution in [0.3, 0.4) is 0 Å². The Morgan fingerprint density at radius 3 is 2.62 bits per heavy atom. The molecule has 0 radical (unpaired) electrons. The molecule has 2 nitrogen and oxygen atoms in total. The van der Waals surface area contributed by atoms with Gasteiger partial charge >= 0.3 is 0 Å². The highest BCUT2D eigenvalue weighted by molar-refractivity contribution is 5.71. The number of hydrogen-bond acceptors (Lipinski definition) is 2. The quantitative estimate of drug-likeness (QED) is 0.788. The van der Waals surface area contributed by atoms with Gasteiger partial charge in [0.25, 0.3) is 0 Å². The van der Waals surface area contributed by atoms with Crippen LogP contribution in [0, 0.1) is 6.92 Å². The predicted molar refractivity (Wildman–Crippen MR) is 70.9 cm³/mol. The van der Waals surface area contributed by atoms with Gasteiger partial charge in [0.2, 0.25) is 0 Å². The first-order valence-electron chi connectivity index (χ1n) is 6.35. The van der Waals surface area contributed by atoms with Crippen molar-refractivity contribution >= 4 is 11.4 Å². The third kappa shape index (κ3) is 2.01. The number of hydrogen-bond donors (Lipinski definition) is 1. The van der Waals surface area contributed by atoms with E-state index in [4.69, 9.17) is 5.73 Å². The molecule has 88 valence electrons. The zero-order valence-electron chi connectivity index (χ0n) is 10.4. The average Bonchev–Trinajstić information content (AvgIpc) is 2.79. The summed E-state index contributed by atoms with van der Waals surface area (Å²) < 4.78 is 0. The smallest absolute Gasteiger partial charge is 0.0605 e. The minimum Gasteiger partial charge on any atom is -0.397 e. The van der Waals surface area contributed by atoms with E-state index in [0.29, 0.717) is 6.04 Å². The Labute approximate surface area is 98.4 Å². The molecule has 16 heavy (non-hydrogen) atoms. The number of nitrogens with zero attached hydrogens (tertiary/aromatic N) is 1. The molecule has 2 N–H and O–H groups in total. The Morgan fingerprint density at radius 2 is 2.00 bits per heavy atom. The summed E-state index contributed by atoms with van der Waals surface area (Å²) in [6.45, 7) is 5.36. The molecule has 1 fully saturated rings. The number of benzene rings is 1. The predicted octanol–water partition coefficient (Wildman–Crippen LogP) is 3.35. The molecule has 0 spiro atoms. The number of para-hydroxylation sites is 1. The van der Waals surface area contributed by atoms with Gasteiger partial charge in [-0.25, -0.2) is 0 Å². The van der Waals surface area contributed by atoms with Gasteiger partial charge in [-0.3, -0.25) is 0 Å². The molecule has 0 unspecified atom stereocenters. The second-order valence-electron chi connectivity index (χ2n) is 4.73. The van der Waals surface area contributed by atoms with Crippen molar-refractivity contribution in [2.75, 3.05) is 17.2 Å². The zero-order valence-corrected chi connectivity index (χ0v) is 10.4. The lowest BCUT2D eigenvalue weighted by atomic mass is 10.1. The Hall–Kier alpha value is -1.18. The highest BCUT2D eigenvalue weighted by Crippen LogP contribution is 2.32. The van der Waals surface area contributed by atoms with Gasteiger partial charge in [0.1, 0.15) is 0 Å². The van der Waals surface area contributed by atoms with Crippen LogP contribution in [-0.4, -0.2) is 12.6 Å². The van der Waals surface area contributed by atoms with Crippen LogP contribution in [0.5, 0.6) is 0 Å². The molecule has 0 aromatic heterocycles. The van der Waals surface area contributed by atoms with Gasteiger partial charge < -0.3 is 10.6 Å². The van der Waals surface area contributed by atoms with E-state index in [-0.39, 0.29) is 0 Å². The van der Waals surface area contributed by atoms with Crippen LogP contribution in [0.4, 0.5) is 11.4 Å². The van der Waals surface area contributed by atoms with Crippen molar-refractivity contribution in [3.63, 3.8) is 0 Å². The van der Waals surface area contributed by atoms with Crippen LogP contribution in [-0.2, 0) is 0 Å². The monoisotopic (exact) mass is 218 g/mol. The summed E-state index contributed by atoms with van der Waals surface area (Å²) in [5, 5.41) is 0. The van der Waals surface area contributed by atoms with Gasteiger partial charge in [-0.1, -0.05) is 25.0 Å². The maximum absolute atomic E-state index is 6.19. The molecule has 0 atom stereocenters. The first kappa shape index (κ1) is 11.3. The average molecular weight is 218 g/mol. The van der Waals surface area contributed by atoms with Crippen molar-refractivity contribution in [3.05, 3.63) is 23.8 Å². The second-order valence-corrected chi connectivity index (χ2v) is 4.73. The summed E-state index contributed by atoms with van der Waals surface area (Å²) >= 11 is 0. The summed E-state index contributed by atoms with van der Waals surface area (Å²) in [5.41, 5.74) is 9.56. The lowest BCUT2D eigenvalue weighted by Gasteiger charge is -2.31. The van der Waals surface area contributed by atoms with E-state index >= 15 is 0 Å². The van der Waals surface area contributed by atoms with Crippen LogP contribution >= 0.6 is 0 Å². The van der Waals surface area contributed by atoms with Gasteiger partial charge in [-0.15, -0.1) is 0 Å². The molecule has 1 aromatic rings. The summed E-state index contributed by atoms with van der Waals surface area (Å²) in [7, 11) is 0. The van der Waals surface area contributed by atoms with Crippen LogP contribution in [0.2, 0.25) is 0 Å². The Kier molecular flexibility index (Phi) is 3.37. The van der Waals surface area contributed by atoms with E-state index in [9.17, 15) is 0 Å². The number of anilines is 2. The zero-order chi connectivity index (χ0) is 11.5. The summed E-state index contributed by atoms with van der Waals surface area (Å²) in [6, 6.07) is 7.05. The number of nitrogen functional groups attached to an aromatic ring is 1.